The lowest BCUT2D eigenvalue weighted by molar-refractivity contribution is 0.0844. The smallest absolute Gasteiger partial charge is 0.233 e. The molecule has 1 atom stereocenters. The number of nitrogens with one attached hydrogen (secondary N) is 2. The van der Waals surface area contributed by atoms with E-state index in [1.807, 2.05) is 0 Å². The van der Waals surface area contributed by atoms with Crippen molar-refractivity contribution in [3.05, 3.63) is 36.2 Å². The molecule has 0 unspecified atom stereocenters. The van der Waals surface area contributed by atoms with Crippen LogP contribution in [0.5, 0.6) is 5.88 Å². The highest BCUT2D eigenvalue weighted by atomic mass is 16.5. The molecule has 156 valence electrons. The third-order valence-electron chi connectivity index (χ3n) is 7.10. The van der Waals surface area contributed by atoms with Crippen molar-refractivity contribution in [2.45, 2.75) is 44.1 Å². The van der Waals surface area contributed by atoms with Crippen molar-refractivity contribution in [3.8, 4) is 17.3 Å². The van der Waals surface area contributed by atoms with E-state index in [0.717, 1.165) is 61.4 Å². The molecule has 1 aliphatic carbocycles. The minimum absolute atomic E-state index is 0.173. The highest BCUT2D eigenvalue weighted by molar-refractivity contribution is 5.92. The number of hydrogen-bond donors (Lipinski definition) is 2. The molecule has 2 N–H and O–H groups in total. The zero-order valence-electron chi connectivity index (χ0n) is 17.1. The Bertz CT molecular complexity index is 1050. The van der Waals surface area contributed by atoms with E-state index in [-0.39, 0.29) is 6.10 Å². The Hall–Kier alpha value is -2.51. The van der Waals surface area contributed by atoms with Crippen LogP contribution in [0.1, 0.15) is 43.6 Å². The second-order valence-corrected chi connectivity index (χ2v) is 8.93. The number of aromatic amines is 1. The van der Waals surface area contributed by atoms with Gasteiger partial charge in [0.05, 0.1) is 17.9 Å². The molecule has 4 heterocycles. The predicted octanol–water partition coefficient (Wildman–Crippen LogP) is 3.43. The second kappa shape index (κ2) is 7.32. The maximum Gasteiger partial charge on any atom is 0.233 e. The van der Waals surface area contributed by atoms with E-state index >= 15 is 0 Å². The topological polar surface area (TPSA) is 85.0 Å². The first-order valence-corrected chi connectivity index (χ1v) is 11.1. The standard InChI is InChI=1S/C23H27N5O2/c1-2-18-17(11-16(1)15-3-9-29-10-4-15)22(28-27-18)19-12-25-14-21(26-19)30-20-13-24-8-7-23(20)5-6-23/h1-2,11-12,14-15,20,24H,3-10,13H2,(H,27,28)/t20-/m0/s1. The average molecular weight is 406 g/mol. The maximum atomic E-state index is 6.31. The van der Waals surface area contributed by atoms with Crippen LogP contribution in [0.25, 0.3) is 22.3 Å². The van der Waals surface area contributed by atoms with Crippen molar-refractivity contribution in [1.82, 2.24) is 25.5 Å². The third-order valence-corrected chi connectivity index (χ3v) is 7.10. The number of rotatable bonds is 4. The third kappa shape index (κ3) is 3.26. The Morgan fingerprint density at radius 3 is 2.87 bits per heavy atom. The van der Waals surface area contributed by atoms with E-state index in [1.54, 1.807) is 12.4 Å². The molecule has 7 nitrogen and oxygen atoms in total. The largest absolute Gasteiger partial charge is 0.471 e. The number of H-pyrrole nitrogens is 1. The molecule has 1 aromatic carbocycles. The summed E-state index contributed by atoms with van der Waals surface area (Å²) in [7, 11) is 0. The van der Waals surface area contributed by atoms with Gasteiger partial charge in [-0.15, -0.1) is 0 Å². The van der Waals surface area contributed by atoms with Crippen LogP contribution in [-0.2, 0) is 4.74 Å². The van der Waals surface area contributed by atoms with Gasteiger partial charge in [0, 0.05) is 30.6 Å². The molecule has 30 heavy (non-hydrogen) atoms. The summed E-state index contributed by atoms with van der Waals surface area (Å²) in [5.41, 5.74) is 4.29. The minimum Gasteiger partial charge on any atom is -0.471 e. The molecular weight excluding hydrogens is 378 g/mol. The Morgan fingerprint density at radius 2 is 2.00 bits per heavy atom. The van der Waals surface area contributed by atoms with E-state index in [4.69, 9.17) is 14.5 Å². The van der Waals surface area contributed by atoms with Crippen molar-refractivity contribution in [2.24, 2.45) is 5.41 Å². The van der Waals surface area contributed by atoms with Crippen LogP contribution in [0.4, 0.5) is 0 Å². The Morgan fingerprint density at radius 1 is 1.10 bits per heavy atom. The van der Waals surface area contributed by atoms with Gasteiger partial charge in [-0.1, -0.05) is 6.07 Å². The van der Waals surface area contributed by atoms with Gasteiger partial charge in [0.25, 0.3) is 0 Å². The van der Waals surface area contributed by atoms with Crippen molar-refractivity contribution in [2.75, 3.05) is 26.3 Å². The first kappa shape index (κ1) is 18.3. The van der Waals surface area contributed by atoms with Gasteiger partial charge in [0.15, 0.2) is 0 Å². The van der Waals surface area contributed by atoms with Crippen molar-refractivity contribution >= 4 is 10.9 Å². The summed E-state index contributed by atoms with van der Waals surface area (Å²) in [5.74, 6) is 1.13. The zero-order chi connectivity index (χ0) is 20.0. The number of piperidine rings is 1. The highest BCUT2D eigenvalue weighted by Gasteiger charge is 2.52. The average Bonchev–Trinajstić information content (AvgIpc) is 3.44. The lowest BCUT2D eigenvalue weighted by atomic mass is 9.91. The molecular formula is C23H27N5O2. The SMILES string of the molecule is c1cc2[nH]nc(-c3cncc(O[C@H]4CNCCC45CC5)n3)c2cc1C1CCOCC1. The number of hydrogen-bond acceptors (Lipinski definition) is 6. The van der Waals surface area contributed by atoms with Crippen molar-refractivity contribution in [3.63, 3.8) is 0 Å². The lowest BCUT2D eigenvalue weighted by Crippen LogP contribution is -2.45. The van der Waals surface area contributed by atoms with Crippen LogP contribution < -0.4 is 10.1 Å². The number of aromatic nitrogens is 4. The van der Waals surface area contributed by atoms with Gasteiger partial charge in [-0.05, 0) is 62.3 Å². The van der Waals surface area contributed by atoms with E-state index < -0.39 is 0 Å². The summed E-state index contributed by atoms with van der Waals surface area (Å²) in [5, 5.41) is 12.2. The monoisotopic (exact) mass is 405 g/mol. The number of nitrogens with zero attached hydrogens (tertiary/aromatic N) is 3. The lowest BCUT2D eigenvalue weighted by Gasteiger charge is -2.32. The van der Waals surface area contributed by atoms with Crippen LogP contribution in [0, 0.1) is 5.41 Å². The van der Waals surface area contributed by atoms with Gasteiger partial charge in [0.1, 0.15) is 17.5 Å². The quantitative estimate of drug-likeness (QED) is 0.692. The van der Waals surface area contributed by atoms with Gasteiger partial charge < -0.3 is 14.8 Å². The molecule has 3 aromatic rings. The van der Waals surface area contributed by atoms with Gasteiger partial charge in [-0.2, -0.15) is 5.10 Å². The molecule has 3 fully saturated rings. The summed E-state index contributed by atoms with van der Waals surface area (Å²) >= 11 is 0. The Labute approximate surface area is 175 Å². The zero-order valence-corrected chi connectivity index (χ0v) is 17.1. The summed E-state index contributed by atoms with van der Waals surface area (Å²) < 4.78 is 11.8. The Kier molecular flexibility index (Phi) is 4.46. The molecule has 2 aromatic heterocycles. The van der Waals surface area contributed by atoms with Crippen LogP contribution in [0.2, 0.25) is 0 Å². The molecule has 3 aliphatic rings. The van der Waals surface area contributed by atoms with Crippen LogP contribution >= 0.6 is 0 Å². The molecule has 0 radical (unpaired) electrons. The minimum atomic E-state index is 0.173. The summed E-state index contributed by atoms with van der Waals surface area (Å²) in [6.45, 7) is 3.64. The molecule has 0 amide bonds. The molecule has 2 aliphatic heterocycles. The van der Waals surface area contributed by atoms with Crippen LogP contribution in [0.15, 0.2) is 30.6 Å². The Balaban J connectivity index is 1.30. The predicted molar refractivity (Wildman–Crippen MR) is 113 cm³/mol. The summed E-state index contributed by atoms with van der Waals surface area (Å²) in [6.07, 6.45) is 9.50. The number of benzene rings is 1. The fraction of sp³-hybridized carbons (Fsp3) is 0.522. The first-order valence-electron chi connectivity index (χ1n) is 11.1. The second-order valence-electron chi connectivity index (χ2n) is 8.93. The molecule has 2 saturated heterocycles. The summed E-state index contributed by atoms with van der Waals surface area (Å²) in [6, 6.07) is 6.58. The molecule has 6 rings (SSSR count). The van der Waals surface area contributed by atoms with E-state index in [2.05, 4.69) is 38.7 Å². The van der Waals surface area contributed by atoms with E-state index in [0.29, 0.717) is 17.2 Å². The fourth-order valence-corrected chi connectivity index (χ4v) is 5.02. The normalized spacial score (nSPS) is 23.7. The number of fused-ring (bicyclic) bond motifs is 1. The van der Waals surface area contributed by atoms with Crippen molar-refractivity contribution in [1.29, 1.82) is 0 Å². The fourth-order valence-electron chi connectivity index (χ4n) is 5.02. The van der Waals surface area contributed by atoms with E-state index in [9.17, 15) is 0 Å². The van der Waals surface area contributed by atoms with Gasteiger partial charge in [-0.25, -0.2) is 4.98 Å². The molecule has 0 bridgehead atoms. The molecule has 7 heteroatoms. The van der Waals surface area contributed by atoms with Crippen LogP contribution in [-0.4, -0.2) is 52.6 Å². The first-order chi connectivity index (χ1) is 14.8. The summed E-state index contributed by atoms with van der Waals surface area (Å²) in [4.78, 5) is 9.19. The van der Waals surface area contributed by atoms with Gasteiger partial charge in [-0.3, -0.25) is 10.1 Å². The highest BCUT2D eigenvalue weighted by Crippen LogP contribution is 2.53. The molecule has 1 spiro atoms. The van der Waals surface area contributed by atoms with Crippen molar-refractivity contribution < 1.29 is 9.47 Å². The maximum absolute atomic E-state index is 6.31. The van der Waals surface area contributed by atoms with Gasteiger partial charge in [0.2, 0.25) is 5.88 Å². The number of ether oxygens (including phenoxy) is 2. The van der Waals surface area contributed by atoms with Crippen LogP contribution in [0.3, 0.4) is 0 Å². The van der Waals surface area contributed by atoms with Gasteiger partial charge >= 0.3 is 0 Å². The molecule has 1 saturated carbocycles. The van der Waals surface area contributed by atoms with E-state index in [1.165, 1.54) is 24.8 Å².